The van der Waals surface area contributed by atoms with Crippen LogP contribution < -0.4 is 5.32 Å². The van der Waals surface area contributed by atoms with Gasteiger partial charge in [-0.1, -0.05) is 42.3 Å². The van der Waals surface area contributed by atoms with Crippen LogP contribution in [0.1, 0.15) is 25.8 Å². The fraction of sp³-hybridized carbons (Fsp3) is 0.600. The van der Waals surface area contributed by atoms with Gasteiger partial charge in [0.15, 0.2) is 0 Å². The SMILES string of the molecule is CCC(C)CSc1cc(Br)ccc1CNCCOC. The Morgan fingerprint density at radius 3 is 2.89 bits per heavy atom. The average Bonchev–Trinajstić information content (AvgIpc) is 2.42. The Morgan fingerprint density at radius 2 is 2.21 bits per heavy atom. The molecule has 1 unspecified atom stereocenters. The lowest BCUT2D eigenvalue weighted by Crippen LogP contribution is -2.19. The number of hydrogen-bond donors (Lipinski definition) is 1. The summed E-state index contributed by atoms with van der Waals surface area (Å²) in [5.74, 6) is 1.94. The molecule has 0 heterocycles. The molecule has 0 aliphatic carbocycles. The third-order valence-electron chi connectivity index (χ3n) is 3.05. The number of rotatable bonds is 9. The zero-order chi connectivity index (χ0) is 14.1. The van der Waals surface area contributed by atoms with Gasteiger partial charge in [-0.3, -0.25) is 0 Å². The van der Waals surface area contributed by atoms with Crippen molar-refractivity contribution in [2.24, 2.45) is 5.92 Å². The molecule has 0 saturated carbocycles. The van der Waals surface area contributed by atoms with Crippen LogP contribution in [0.4, 0.5) is 0 Å². The molecule has 0 aliphatic rings. The quantitative estimate of drug-likeness (QED) is 0.531. The summed E-state index contributed by atoms with van der Waals surface area (Å²) in [6.45, 7) is 7.11. The van der Waals surface area contributed by atoms with Crippen LogP contribution in [0.3, 0.4) is 0 Å². The fourth-order valence-electron chi connectivity index (χ4n) is 1.56. The molecule has 108 valence electrons. The van der Waals surface area contributed by atoms with E-state index in [1.54, 1.807) is 7.11 Å². The van der Waals surface area contributed by atoms with Crippen LogP contribution in [0.25, 0.3) is 0 Å². The van der Waals surface area contributed by atoms with Crippen LogP contribution in [0, 0.1) is 5.92 Å². The fourth-order valence-corrected chi connectivity index (χ4v) is 3.30. The molecule has 1 aromatic rings. The van der Waals surface area contributed by atoms with Crippen LogP contribution >= 0.6 is 27.7 Å². The van der Waals surface area contributed by atoms with E-state index in [4.69, 9.17) is 4.74 Å². The van der Waals surface area contributed by atoms with Gasteiger partial charge in [0.05, 0.1) is 6.61 Å². The van der Waals surface area contributed by atoms with E-state index in [9.17, 15) is 0 Å². The lowest BCUT2D eigenvalue weighted by atomic mass is 10.2. The first-order valence-electron chi connectivity index (χ1n) is 6.78. The summed E-state index contributed by atoms with van der Waals surface area (Å²) in [6, 6.07) is 6.53. The summed E-state index contributed by atoms with van der Waals surface area (Å²) in [4.78, 5) is 1.37. The second-order valence-corrected chi connectivity index (χ2v) is 6.72. The summed E-state index contributed by atoms with van der Waals surface area (Å²) in [5.41, 5.74) is 1.37. The Labute approximate surface area is 129 Å². The lowest BCUT2D eigenvalue weighted by Gasteiger charge is -2.13. The molecule has 0 aliphatic heterocycles. The smallest absolute Gasteiger partial charge is 0.0587 e. The maximum atomic E-state index is 5.05. The Morgan fingerprint density at radius 1 is 1.42 bits per heavy atom. The second kappa shape index (κ2) is 9.81. The number of ether oxygens (including phenoxy) is 1. The van der Waals surface area contributed by atoms with Crippen LogP contribution in [0.15, 0.2) is 27.6 Å². The van der Waals surface area contributed by atoms with Crippen molar-refractivity contribution in [3.05, 3.63) is 28.2 Å². The van der Waals surface area contributed by atoms with Crippen molar-refractivity contribution in [2.45, 2.75) is 31.7 Å². The molecule has 0 radical (unpaired) electrons. The third kappa shape index (κ3) is 6.80. The van der Waals surface area contributed by atoms with Gasteiger partial charge in [-0.25, -0.2) is 0 Å². The highest BCUT2D eigenvalue weighted by atomic mass is 79.9. The number of benzene rings is 1. The van der Waals surface area contributed by atoms with Gasteiger partial charge in [-0.15, -0.1) is 11.8 Å². The zero-order valence-corrected chi connectivity index (χ0v) is 14.4. The van der Waals surface area contributed by atoms with Crippen molar-refractivity contribution in [3.63, 3.8) is 0 Å². The van der Waals surface area contributed by atoms with Crippen molar-refractivity contribution >= 4 is 27.7 Å². The standard InChI is InChI=1S/C15H24BrNOS/c1-4-12(2)11-19-15-9-14(16)6-5-13(15)10-17-7-8-18-3/h5-6,9,12,17H,4,7-8,10-11H2,1-3H3. The molecule has 19 heavy (non-hydrogen) atoms. The topological polar surface area (TPSA) is 21.3 Å². The van der Waals surface area contributed by atoms with E-state index in [1.807, 2.05) is 11.8 Å². The number of nitrogens with one attached hydrogen (secondary N) is 1. The Bertz CT molecular complexity index is 373. The van der Waals surface area contributed by atoms with Gasteiger partial charge < -0.3 is 10.1 Å². The molecule has 1 atom stereocenters. The number of thioether (sulfide) groups is 1. The second-order valence-electron chi connectivity index (χ2n) is 4.75. The highest BCUT2D eigenvalue weighted by Crippen LogP contribution is 2.28. The highest BCUT2D eigenvalue weighted by Gasteiger charge is 2.06. The Balaban J connectivity index is 2.58. The first-order valence-corrected chi connectivity index (χ1v) is 8.56. The summed E-state index contributed by atoms with van der Waals surface area (Å²) in [5, 5.41) is 3.41. The first kappa shape index (κ1) is 17.0. The Kier molecular flexibility index (Phi) is 8.79. The van der Waals surface area contributed by atoms with Gasteiger partial charge >= 0.3 is 0 Å². The largest absolute Gasteiger partial charge is 0.383 e. The van der Waals surface area contributed by atoms with Gasteiger partial charge in [-0.05, 0) is 23.6 Å². The predicted octanol–water partition coefficient (Wildman–Crippen LogP) is 4.32. The summed E-state index contributed by atoms with van der Waals surface area (Å²) in [6.07, 6.45) is 1.24. The van der Waals surface area contributed by atoms with Crippen LogP contribution in [0.5, 0.6) is 0 Å². The molecule has 0 spiro atoms. The van der Waals surface area contributed by atoms with Crippen molar-refractivity contribution in [3.8, 4) is 0 Å². The van der Waals surface area contributed by atoms with Gasteiger partial charge in [0, 0.05) is 35.3 Å². The van der Waals surface area contributed by atoms with Crippen molar-refractivity contribution in [2.75, 3.05) is 26.0 Å². The lowest BCUT2D eigenvalue weighted by molar-refractivity contribution is 0.199. The minimum absolute atomic E-state index is 0.756. The van der Waals surface area contributed by atoms with Crippen LogP contribution in [0.2, 0.25) is 0 Å². The van der Waals surface area contributed by atoms with Gasteiger partial charge in [0.1, 0.15) is 0 Å². The summed E-state index contributed by atoms with van der Waals surface area (Å²) in [7, 11) is 1.73. The number of halogens is 1. The van der Waals surface area contributed by atoms with Crippen molar-refractivity contribution < 1.29 is 4.74 Å². The normalized spacial score (nSPS) is 12.6. The number of methoxy groups -OCH3 is 1. The van der Waals surface area contributed by atoms with Crippen LogP contribution in [-0.2, 0) is 11.3 Å². The third-order valence-corrected chi connectivity index (χ3v) is 4.97. The van der Waals surface area contributed by atoms with E-state index in [0.29, 0.717) is 0 Å². The van der Waals surface area contributed by atoms with Gasteiger partial charge in [0.2, 0.25) is 0 Å². The molecule has 1 aromatic carbocycles. The van der Waals surface area contributed by atoms with E-state index in [0.717, 1.165) is 30.1 Å². The van der Waals surface area contributed by atoms with E-state index in [-0.39, 0.29) is 0 Å². The molecule has 0 bridgehead atoms. The minimum atomic E-state index is 0.756. The van der Waals surface area contributed by atoms with Gasteiger partial charge in [0.25, 0.3) is 0 Å². The maximum absolute atomic E-state index is 5.05. The number of hydrogen-bond acceptors (Lipinski definition) is 3. The average molecular weight is 346 g/mol. The molecule has 1 N–H and O–H groups in total. The van der Waals surface area contributed by atoms with Crippen LogP contribution in [-0.4, -0.2) is 26.0 Å². The molecule has 0 aromatic heterocycles. The van der Waals surface area contributed by atoms with E-state index in [1.165, 1.54) is 22.6 Å². The van der Waals surface area contributed by atoms with Crippen molar-refractivity contribution in [1.82, 2.24) is 5.32 Å². The first-order chi connectivity index (χ1) is 9.17. The minimum Gasteiger partial charge on any atom is -0.383 e. The van der Waals surface area contributed by atoms with E-state index in [2.05, 4.69) is 53.3 Å². The molecule has 0 amide bonds. The molecule has 4 heteroatoms. The zero-order valence-electron chi connectivity index (χ0n) is 12.0. The molecule has 0 fully saturated rings. The molecular weight excluding hydrogens is 322 g/mol. The van der Waals surface area contributed by atoms with Gasteiger partial charge in [-0.2, -0.15) is 0 Å². The summed E-state index contributed by atoms with van der Waals surface area (Å²) >= 11 is 5.52. The molecule has 1 rings (SSSR count). The Hall–Kier alpha value is -0.0300. The molecule has 2 nitrogen and oxygen atoms in total. The van der Waals surface area contributed by atoms with E-state index >= 15 is 0 Å². The molecule has 0 saturated heterocycles. The predicted molar refractivity (Wildman–Crippen MR) is 87.9 cm³/mol. The van der Waals surface area contributed by atoms with E-state index < -0.39 is 0 Å². The summed E-state index contributed by atoms with van der Waals surface area (Å²) < 4.78 is 6.20. The maximum Gasteiger partial charge on any atom is 0.0587 e. The molecular formula is C15H24BrNOS. The highest BCUT2D eigenvalue weighted by molar-refractivity contribution is 9.10. The monoisotopic (exact) mass is 345 g/mol. The van der Waals surface area contributed by atoms with Crippen molar-refractivity contribution in [1.29, 1.82) is 0 Å².